The van der Waals surface area contributed by atoms with Gasteiger partial charge < -0.3 is 14.1 Å². The van der Waals surface area contributed by atoms with Crippen LogP contribution < -0.4 is 4.74 Å². The lowest BCUT2D eigenvalue weighted by atomic mass is 10.1. The number of nitrogens with zero attached hydrogens (tertiary/aromatic N) is 2. The third-order valence-corrected chi connectivity index (χ3v) is 4.40. The molecule has 5 nitrogen and oxygen atoms in total. The van der Waals surface area contributed by atoms with Gasteiger partial charge in [-0.3, -0.25) is 4.79 Å². The van der Waals surface area contributed by atoms with Crippen LogP contribution in [0.25, 0.3) is 0 Å². The van der Waals surface area contributed by atoms with E-state index >= 15 is 0 Å². The topological polar surface area (TPSA) is 55.6 Å². The minimum Gasteiger partial charge on any atom is -0.472 e. The highest BCUT2D eigenvalue weighted by atomic mass is 16.5. The highest BCUT2D eigenvalue weighted by Gasteiger charge is 2.50. The largest absolute Gasteiger partial charge is 0.472 e. The SMILES string of the molecule is O=C(c1ccco1)N1CC2CCC1C2Oc1ccccn1. The van der Waals surface area contributed by atoms with Crippen LogP contribution in [0.2, 0.25) is 0 Å². The van der Waals surface area contributed by atoms with Gasteiger partial charge in [-0.15, -0.1) is 0 Å². The molecule has 1 saturated carbocycles. The molecule has 2 bridgehead atoms. The third-order valence-electron chi connectivity index (χ3n) is 4.40. The summed E-state index contributed by atoms with van der Waals surface area (Å²) in [6.07, 6.45) is 5.37. The summed E-state index contributed by atoms with van der Waals surface area (Å²) >= 11 is 0. The third kappa shape index (κ3) is 2.09. The standard InChI is InChI=1S/C16H16N2O3/c19-16(13-4-3-9-20-13)18-10-11-6-7-12(18)15(11)21-14-5-1-2-8-17-14/h1-5,8-9,11-12,15H,6-7,10H2. The number of carbonyl (C=O) groups is 1. The summed E-state index contributed by atoms with van der Waals surface area (Å²) < 4.78 is 11.2. The molecule has 1 amide bonds. The summed E-state index contributed by atoms with van der Waals surface area (Å²) in [5, 5.41) is 0. The van der Waals surface area contributed by atoms with E-state index in [4.69, 9.17) is 9.15 Å². The Kier molecular flexibility index (Phi) is 2.91. The molecule has 5 heteroatoms. The van der Waals surface area contributed by atoms with Gasteiger partial charge in [-0.1, -0.05) is 6.07 Å². The fourth-order valence-electron chi connectivity index (χ4n) is 3.45. The van der Waals surface area contributed by atoms with Gasteiger partial charge in [-0.2, -0.15) is 0 Å². The molecule has 1 aliphatic carbocycles. The summed E-state index contributed by atoms with van der Waals surface area (Å²) in [5.41, 5.74) is 0. The van der Waals surface area contributed by atoms with E-state index in [1.54, 1.807) is 18.3 Å². The number of furan rings is 1. The lowest BCUT2D eigenvalue weighted by Gasteiger charge is -2.26. The number of pyridine rings is 1. The molecule has 2 aromatic rings. The molecule has 1 saturated heterocycles. The number of rotatable bonds is 3. The summed E-state index contributed by atoms with van der Waals surface area (Å²) in [4.78, 5) is 18.6. The van der Waals surface area contributed by atoms with E-state index in [-0.39, 0.29) is 18.1 Å². The van der Waals surface area contributed by atoms with Crippen molar-refractivity contribution in [3.05, 3.63) is 48.6 Å². The summed E-state index contributed by atoms with van der Waals surface area (Å²) in [7, 11) is 0. The minimum absolute atomic E-state index is 0.0400. The zero-order valence-corrected chi connectivity index (χ0v) is 11.5. The second kappa shape index (κ2) is 4.91. The molecular weight excluding hydrogens is 268 g/mol. The van der Waals surface area contributed by atoms with Crippen molar-refractivity contribution in [2.45, 2.75) is 25.0 Å². The monoisotopic (exact) mass is 284 g/mol. The molecule has 21 heavy (non-hydrogen) atoms. The summed E-state index contributed by atoms with van der Waals surface area (Å²) in [6, 6.07) is 9.20. The molecule has 1 aliphatic heterocycles. The van der Waals surface area contributed by atoms with Crippen LogP contribution in [-0.2, 0) is 0 Å². The second-order valence-corrected chi connectivity index (χ2v) is 5.59. The van der Waals surface area contributed by atoms with Crippen molar-refractivity contribution < 1.29 is 13.9 Å². The average molecular weight is 284 g/mol. The number of aromatic nitrogens is 1. The lowest BCUT2D eigenvalue weighted by molar-refractivity contribution is 0.0632. The molecule has 3 atom stereocenters. The normalized spacial score (nSPS) is 27.0. The Hall–Kier alpha value is -2.30. The Morgan fingerprint density at radius 1 is 1.29 bits per heavy atom. The van der Waals surface area contributed by atoms with E-state index in [9.17, 15) is 4.79 Å². The summed E-state index contributed by atoms with van der Waals surface area (Å²) in [5.74, 6) is 1.38. The van der Waals surface area contributed by atoms with E-state index in [1.807, 2.05) is 23.1 Å². The molecule has 4 rings (SSSR count). The average Bonchev–Trinajstić information content (AvgIpc) is 3.24. The van der Waals surface area contributed by atoms with Crippen molar-refractivity contribution in [2.24, 2.45) is 5.92 Å². The van der Waals surface area contributed by atoms with Crippen LogP contribution in [0.5, 0.6) is 5.88 Å². The first-order valence-corrected chi connectivity index (χ1v) is 7.25. The predicted octanol–water partition coefficient (Wildman–Crippen LogP) is 2.36. The first-order valence-electron chi connectivity index (χ1n) is 7.25. The first kappa shape index (κ1) is 12.4. The van der Waals surface area contributed by atoms with Crippen molar-refractivity contribution in [2.75, 3.05) is 6.54 Å². The molecule has 2 aliphatic rings. The van der Waals surface area contributed by atoms with Crippen LogP contribution in [0.4, 0.5) is 0 Å². The Balaban J connectivity index is 1.52. The van der Waals surface area contributed by atoms with Gasteiger partial charge in [0.2, 0.25) is 5.88 Å². The first-order chi connectivity index (χ1) is 10.3. The van der Waals surface area contributed by atoms with E-state index < -0.39 is 0 Å². The molecule has 3 unspecified atom stereocenters. The van der Waals surface area contributed by atoms with Crippen LogP contribution in [-0.4, -0.2) is 34.5 Å². The smallest absolute Gasteiger partial charge is 0.289 e. The van der Waals surface area contributed by atoms with Gasteiger partial charge in [0.15, 0.2) is 5.76 Å². The van der Waals surface area contributed by atoms with E-state index in [1.165, 1.54) is 6.26 Å². The zero-order valence-electron chi connectivity index (χ0n) is 11.5. The van der Waals surface area contributed by atoms with Gasteiger partial charge in [-0.25, -0.2) is 4.98 Å². The Labute approximate surface area is 122 Å². The highest BCUT2D eigenvalue weighted by Crippen LogP contribution is 2.40. The Morgan fingerprint density at radius 2 is 2.24 bits per heavy atom. The minimum atomic E-state index is -0.0400. The number of carbonyl (C=O) groups excluding carboxylic acids is 1. The molecule has 2 aromatic heterocycles. The van der Waals surface area contributed by atoms with Gasteiger partial charge in [0.05, 0.1) is 12.3 Å². The van der Waals surface area contributed by atoms with Crippen LogP contribution in [0, 0.1) is 5.92 Å². The predicted molar refractivity (Wildman–Crippen MR) is 74.9 cm³/mol. The van der Waals surface area contributed by atoms with Gasteiger partial charge in [0.1, 0.15) is 6.10 Å². The Morgan fingerprint density at radius 3 is 3.00 bits per heavy atom. The maximum atomic E-state index is 12.5. The number of hydrogen-bond donors (Lipinski definition) is 0. The Bertz CT molecular complexity index is 626. The number of piperidine rings is 1. The van der Waals surface area contributed by atoms with Crippen molar-refractivity contribution in [1.29, 1.82) is 0 Å². The van der Waals surface area contributed by atoms with Crippen LogP contribution in [0.3, 0.4) is 0 Å². The molecule has 0 aromatic carbocycles. The fourth-order valence-corrected chi connectivity index (χ4v) is 3.45. The number of fused-ring (bicyclic) bond motifs is 2. The molecule has 0 N–H and O–H groups in total. The maximum absolute atomic E-state index is 12.5. The molecule has 2 fully saturated rings. The highest BCUT2D eigenvalue weighted by molar-refractivity contribution is 5.92. The molecule has 3 heterocycles. The fraction of sp³-hybridized carbons (Fsp3) is 0.375. The second-order valence-electron chi connectivity index (χ2n) is 5.59. The van der Waals surface area contributed by atoms with Crippen LogP contribution in [0.15, 0.2) is 47.2 Å². The van der Waals surface area contributed by atoms with Crippen molar-refractivity contribution in [3.8, 4) is 5.88 Å². The van der Waals surface area contributed by atoms with E-state index in [0.717, 1.165) is 19.4 Å². The van der Waals surface area contributed by atoms with E-state index in [0.29, 0.717) is 17.6 Å². The molecule has 108 valence electrons. The van der Waals surface area contributed by atoms with Gasteiger partial charge in [-0.05, 0) is 31.0 Å². The van der Waals surface area contributed by atoms with Crippen molar-refractivity contribution in [1.82, 2.24) is 9.88 Å². The molecule has 0 radical (unpaired) electrons. The van der Waals surface area contributed by atoms with Crippen LogP contribution in [0.1, 0.15) is 23.4 Å². The summed E-state index contributed by atoms with van der Waals surface area (Å²) in [6.45, 7) is 0.738. The van der Waals surface area contributed by atoms with Gasteiger partial charge >= 0.3 is 0 Å². The van der Waals surface area contributed by atoms with Gasteiger partial charge in [0, 0.05) is 24.7 Å². The quantitative estimate of drug-likeness (QED) is 0.868. The number of hydrogen-bond acceptors (Lipinski definition) is 4. The molecule has 0 spiro atoms. The number of ether oxygens (including phenoxy) is 1. The van der Waals surface area contributed by atoms with Gasteiger partial charge in [0.25, 0.3) is 5.91 Å². The number of amides is 1. The lowest BCUT2D eigenvalue weighted by Crippen LogP contribution is -2.40. The maximum Gasteiger partial charge on any atom is 0.289 e. The zero-order chi connectivity index (χ0) is 14.2. The van der Waals surface area contributed by atoms with Crippen molar-refractivity contribution >= 4 is 5.91 Å². The van der Waals surface area contributed by atoms with E-state index in [2.05, 4.69) is 4.98 Å². The van der Waals surface area contributed by atoms with Crippen LogP contribution >= 0.6 is 0 Å². The molecular formula is C16H16N2O3. The van der Waals surface area contributed by atoms with Crippen molar-refractivity contribution in [3.63, 3.8) is 0 Å². The number of likely N-dealkylation sites (tertiary alicyclic amines) is 1.